The molecular weight excluding hydrogens is 552 g/mol. The van der Waals surface area contributed by atoms with Gasteiger partial charge >= 0.3 is 12.1 Å². The molecule has 246 valence electrons. The molecule has 0 radical (unpaired) electrons. The van der Waals surface area contributed by atoms with Crippen molar-refractivity contribution in [1.82, 2.24) is 10.6 Å². The Kier molecular flexibility index (Phi) is 7.00. The van der Waals surface area contributed by atoms with Gasteiger partial charge in [0.05, 0.1) is 11.3 Å². The molecule has 0 aromatic heterocycles. The van der Waals surface area contributed by atoms with E-state index in [1.807, 2.05) is 0 Å². The predicted octanol–water partition coefficient (Wildman–Crippen LogP) is 6.83. The van der Waals surface area contributed by atoms with Crippen LogP contribution in [0.5, 0.6) is 0 Å². The van der Waals surface area contributed by atoms with Crippen LogP contribution in [0.15, 0.2) is 0 Å². The maximum atomic E-state index is 13.0. The molecule has 0 spiro atoms. The first kappa shape index (κ1) is 31.0. The molecule has 0 aromatic carbocycles. The number of carbonyl (C=O) groups is 3. The molecule has 1 heterocycles. The second kappa shape index (κ2) is 9.94. The van der Waals surface area contributed by atoms with Crippen molar-refractivity contribution in [2.75, 3.05) is 6.54 Å². The highest BCUT2D eigenvalue weighted by molar-refractivity contribution is 5.88. The number of fused-ring (bicyclic) bond motifs is 8. The van der Waals surface area contributed by atoms with E-state index >= 15 is 0 Å². The fraction of sp³-hybridized carbons (Fsp3) is 0.919. The maximum Gasteiger partial charge on any atom is 0.407 e. The molecule has 44 heavy (non-hydrogen) atoms. The zero-order valence-corrected chi connectivity index (χ0v) is 28.3. The van der Waals surface area contributed by atoms with Crippen LogP contribution in [0.4, 0.5) is 4.79 Å². The standard InChI is InChI=1S/C37H58N2O5/c1-20(2)21-10-16-37(31(41)42)18-17-35(6)22(28(21)37)8-9-25-34(5)14-12-26(33(3,4)24(34)11-15-36(25,35)7)44-32(43)38-19-13-23(40)27-29-30(27)39-29/h20-22,24-30,39H,8-19H2,1-7H3,(H,38,43)(H,41,42)/t21-,22?,24?,25?,26+,27?,28?,29?,30?,34-,35+,36+,37-/m0/s1. The zero-order valence-electron chi connectivity index (χ0n) is 28.3. The number of carboxylic acids is 1. The van der Waals surface area contributed by atoms with Crippen molar-refractivity contribution < 1.29 is 24.2 Å². The quantitative estimate of drug-likeness (QED) is 0.272. The van der Waals surface area contributed by atoms with E-state index in [2.05, 4.69) is 59.1 Å². The minimum Gasteiger partial charge on any atom is -0.481 e. The molecule has 1 aliphatic heterocycles. The lowest BCUT2D eigenvalue weighted by Crippen LogP contribution is -2.67. The lowest BCUT2D eigenvalue weighted by Gasteiger charge is -2.72. The van der Waals surface area contributed by atoms with Gasteiger partial charge in [-0.15, -0.1) is 0 Å². The highest BCUT2D eigenvalue weighted by Crippen LogP contribution is 2.77. The van der Waals surface area contributed by atoms with E-state index in [-0.39, 0.29) is 45.6 Å². The van der Waals surface area contributed by atoms with Gasteiger partial charge in [0, 0.05) is 30.5 Å². The van der Waals surface area contributed by atoms with Crippen molar-refractivity contribution in [3.05, 3.63) is 0 Å². The number of carbonyl (C=O) groups excluding carboxylic acids is 2. The van der Waals surface area contributed by atoms with Gasteiger partial charge in [-0.3, -0.25) is 9.59 Å². The van der Waals surface area contributed by atoms with Crippen LogP contribution < -0.4 is 10.6 Å². The minimum atomic E-state index is -0.525. The summed E-state index contributed by atoms with van der Waals surface area (Å²) in [5, 5.41) is 16.8. The molecule has 0 aromatic rings. The average molecular weight is 611 g/mol. The zero-order chi connectivity index (χ0) is 31.6. The van der Waals surface area contributed by atoms with E-state index in [1.165, 1.54) is 12.8 Å². The van der Waals surface area contributed by atoms with E-state index in [4.69, 9.17) is 4.74 Å². The molecule has 1 amide bonds. The van der Waals surface area contributed by atoms with E-state index in [0.717, 1.165) is 51.4 Å². The molecule has 1 saturated heterocycles. The Morgan fingerprint density at radius 3 is 2.23 bits per heavy atom. The molecule has 7 fully saturated rings. The number of amides is 1. The third-order valence-corrected chi connectivity index (χ3v) is 16.3. The maximum absolute atomic E-state index is 13.0. The number of rotatable bonds is 7. The Bertz CT molecular complexity index is 1220. The van der Waals surface area contributed by atoms with Gasteiger partial charge in [0.2, 0.25) is 0 Å². The molecule has 12 atom stereocenters. The summed E-state index contributed by atoms with van der Waals surface area (Å²) in [4.78, 5) is 38.1. The Morgan fingerprint density at radius 2 is 1.59 bits per heavy atom. The summed E-state index contributed by atoms with van der Waals surface area (Å²) in [6, 6.07) is 0.829. The molecule has 7 nitrogen and oxygen atoms in total. The van der Waals surface area contributed by atoms with Crippen LogP contribution in [0.2, 0.25) is 0 Å². The first-order valence-electron chi connectivity index (χ1n) is 18.1. The predicted molar refractivity (Wildman–Crippen MR) is 169 cm³/mol. The lowest BCUT2D eigenvalue weighted by molar-refractivity contribution is -0.249. The third kappa shape index (κ3) is 4.11. The average Bonchev–Trinajstić information content (AvgIpc) is 3.82. The number of carboxylic acid groups (broad SMARTS) is 1. The highest BCUT2D eigenvalue weighted by atomic mass is 16.6. The van der Waals surface area contributed by atoms with Crippen molar-refractivity contribution in [3.63, 3.8) is 0 Å². The molecule has 6 aliphatic carbocycles. The topological polar surface area (TPSA) is 115 Å². The van der Waals surface area contributed by atoms with Crippen LogP contribution in [0.3, 0.4) is 0 Å². The molecule has 6 saturated carbocycles. The van der Waals surface area contributed by atoms with Crippen LogP contribution in [0.25, 0.3) is 0 Å². The van der Waals surface area contributed by atoms with Crippen molar-refractivity contribution in [3.8, 4) is 0 Å². The van der Waals surface area contributed by atoms with Crippen LogP contribution in [-0.2, 0) is 14.3 Å². The number of ether oxygens (including phenoxy) is 1. The Labute approximate surface area is 264 Å². The van der Waals surface area contributed by atoms with Gasteiger partial charge in [0.25, 0.3) is 0 Å². The summed E-state index contributed by atoms with van der Waals surface area (Å²) < 4.78 is 6.14. The molecule has 7 rings (SSSR count). The Hall–Kier alpha value is -1.63. The molecule has 6 unspecified atom stereocenters. The number of hydrogen-bond donors (Lipinski definition) is 3. The van der Waals surface area contributed by atoms with Gasteiger partial charge in [-0.25, -0.2) is 4.79 Å². The van der Waals surface area contributed by atoms with Gasteiger partial charge in [0.1, 0.15) is 11.9 Å². The summed E-state index contributed by atoms with van der Waals surface area (Å²) in [6.45, 7) is 17.4. The van der Waals surface area contributed by atoms with Gasteiger partial charge < -0.3 is 20.5 Å². The second-order valence-corrected chi connectivity index (χ2v) is 18.2. The van der Waals surface area contributed by atoms with Gasteiger partial charge in [-0.1, -0.05) is 48.5 Å². The number of nitrogens with one attached hydrogen (secondary N) is 2. The monoisotopic (exact) mass is 610 g/mol. The van der Waals surface area contributed by atoms with Crippen molar-refractivity contribution >= 4 is 17.8 Å². The van der Waals surface area contributed by atoms with E-state index in [1.54, 1.807) is 0 Å². The second-order valence-electron chi connectivity index (χ2n) is 18.2. The van der Waals surface area contributed by atoms with E-state index in [0.29, 0.717) is 60.6 Å². The number of ketones is 1. The summed E-state index contributed by atoms with van der Waals surface area (Å²) >= 11 is 0. The minimum absolute atomic E-state index is 0.135. The van der Waals surface area contributed by atoms with Crippen LogP contribution in [0.1, 0.15) is 119 Å². The molecule has 7 heteroatoms. The van der Waals surface area contributed by atoms with Crippen LogP contribution in [0, 0.1) is 68.5 Å². The highest BCUT2D eigenvalue weighted by Gasteiger charge is 2.72. The van der Waals surface area contributed by atoms with Crippen molar-refractivity contribution in [1.29, 1.82) is 0 Å². The van der Waals surface area contributed by atoms with Crippen LogP contribution >= 0.6 is 0 Å². The summed E-state index contributed by atoms with van der Waals surface area (Å²) in [5.41, 5.74) is -0.164. The fourth-order valence-electron chi connectivity index (χ4n) is 13.5. The number of Topliss-reactive ketones (excluding diaryl/α,β-unsaturated/α-hetero) is 1. The molecule has 3 N–H and O–H groups in total. The fourth-order valence-corrected chi connectivity index (χ4v) is 13.5. The van der Waals surface area contributed by atoms with Gasteiger partial charge in [-0.2, -0.15) is 0 Å². The first-order chi connectivity index (χ1) is 20.6. The number of aliphatic carboxylic acids is 1. The lowest BCUT2D eigenvalue weighted by atomic mass is 9.32. The smallest absolute Gasteiger partial charge is 0.407 e. The molecular formula is C37H58N2O5. The number of hydrogen-bond acceptors (Lipinski definition) is 5. The Morgan fingerprint density at radius 1 is 0.864 bits per heavy atom. The first-order valence-corrected chi connectivity index (χ1v) is 18.1. The van der Waals surface area contributed by atoms with E-state index < -0.39 is 11.4 Å². The van der Waals surface area contributed by atoms with E-state index in [9.17, 15) is 19.5 Å². The van der Waals surface area contributed by atoms with Gasteiger partial charge in [0.15, 0.2) is 0 Å². The van der Waals surface area contributed by atoms with Gasteiger partial charge in [-0.05, 0) is 116 Å². The largest absolute Gasteiger partial charge is 0.481 e. The number of alkyl carbamates (subject to hydrolysis) is 1. The summed E-state index contributed by atoms with van der Waals surface area (Å²) in [5.74, 6) is 2.77. The SMILES string of the molecule is CC(C)[C@@H]1CC[C@]2(C(=O)O)CC[C@]3(C)C(CCC4[C@@]5(C)CC[C@@H](OC(=O)NCCC(=O)C6C7NC76)C(C)(C)C5CC[C@]43C)C12. The molecule has 7 aliphatic rings. The normalized spacial score (nSPS) is 51.1. The molecule has 0 bridgehead atoms. The Balaban J connectivity index is 1.07. The van der Waals surface area contributed by atoms with Crippen molar-refractivity contribution in [2.24, 2.45) is 68.5 Å². The third-order valence-electron chi connectivity index (χ3n) is 16.3. The van der Waals surface area contributed by atoms with Crippen LogP contribution in [-0.4, -0.2) is 47.7 Å². The van der Waals surface area contributed by atoms with Crippen molar-refractivity contribution in [2.45, 2.75) is 137 Å². The summed E-state index contributed by atoms with van der Waals surface area (Å²) in [6.07, 6.45) is 10.3. The summed E-state index contributed by atoms with van der Waals surface area (Å²) in [7, 11) is 0.